The second-order valence-electron chi connectivity index (χ2n) is 5.58. The summed E-state index contributed by atoms with van der Waals surface area (Å²) >= 11 is 1.98. The Balaban J connectivity index is 2.40. The second kappa shape index (κ2) is 7.65. The summed E-state index contributed by atoms with van der Waals surface area (Å²) in [4.78, 5) is 2.68. The lowest BCUT2D eigenvalue weighted by Crippen LogP contribution is -2.57. The number of hydrogen-bond donors (Lipinski definition) is 1. The predicted molar refractivity (Wildman–Crippen MR) is 79.9 cm³/mol. The molecule has 0 amide bonds. The molecule has 0 radical (unpaired) electrons. The van der Waals surface area contributed by atoms with Crippen LogP contribution in [0.5, 0.6) is 0 Å². The third kappa shape index (κ3) is 4.80. The number of rotatable bonds is 6. The average molecular weight is 258 g/mol. The van der Waals surface area contributed by atoms with Crippen molar-refractivity contribution in [3.05, 3.63) is 0 Å². The van der Waals surface area contributed by atoms with E-state index in [1.807, 2.05) is 11.8 Å². The molecule has 1 fully saturated rings. The first-order chi connectivity index (χ1) is 8.08. The molecule has 0 aromatic heterocycles. The fraction of sp³-hybridized carbons (Fsp3) is 1.00. The monoisotopic (exact) mass is 258 g/mol. The zero-order chi connectivity index (χ0) is 12.8. The van der Waals surface area contributed by atoms with Gasteiger partial charge in [-0.25, -0.2) is 0 Å². The maximum absolute atomic E-state index is 3.70. The van der Waals surface area contributed by atoms with Crippen LogP contribution < -0.4 is 5.32 Å². The molecule has 0 bridgehead atoms. The van der Waals surface area contributed by atoms with Crippen molar-refractivity contribution >= 4 is 11.8 Å². The lowest BCUT2D eigenvalue weighted by molar-refractivity contribution is 0.117. The number of hydrogen-bond acceptors (Lipinski definition) is 3. The predicted octanol–water partition coefficient (Wildman–Crippen LogP) is 2.84. The van der Waals surface area contributed by atoms with Crippen molar-refractivity contribution in [1.82, 2.24) is 10.2 Å². The Hall–Kier alpha value is 0.270. The van der Waals surface area contributed by atoms with Crippen molar-refractivity contribution in [3.8, 4) is 0 Å². The maximum atomic E-state index is 3.70. The van der Waals surface area contributed by atoms with Gasteiger partial charge in [0, 0.05) is 30.4 Å². The van der Waals surface area contributed by atoms with Crippen molar-refractivity contribution in [2.24, 2.45) is 5.92 Å². The summed E-state index contributed by atoms with van der Waals surface area (Å²) in [5.74, 6) is 0.794. The zero-order valence-corrected chi connectivity index (χ0v) is 13.0. The molecule has 1 aliphatic heterocycles. The first-order valence-corrected chi connectivity index (χ1v) is 8.37. The van der Waals surface area contributed by atoms with Crippen LogP contribution in [0.15, 0.2) is 0 Å². The van der Waals surface area contributed by atoms with E-state index in [0.717, 1.165) is 17.7 Å². The quantitative estimate of drug-likeness (QED) is 0.789. The lowest BCUT2D eigenvalue weighted by Gasteiger charge is -2.41. The van der Waals surface area contributed by atoms with Crippen LogP contribution >= 0.6 is 11.8 Å². The van der Waals surface area contributed by atoms with Crippen molar-refractivity contribution < 1.29 is 0 Å². The van der Waals surface area contributed by atoms with Crippen LogP contribution in [0.3, 0.4) is 0 Å². The summed E-state index contributed by atoms with van der Waals surface area (Å²) in [5, 5.41) is 4.50. The van der Waals surface area contributed by atoms with Crippen LogP contribution in [-0.4, -0.2) is 48.1 Å². The number of piperazine rings is 1. The number of nitrogens with zero attached hydrogens (tertiary/aromatic N) is 1. The van der Waals surface area contributed by atoms with Crippen LogP contribution in [-0.2, 0) is 0 Å². The molecule has 4 unspecified atom stereocenters. The summed E-state index contributed by atoms with van der Waals surface area (Å²) in [6.45, 7) is 13.0. The van der Waals surface area contributed by atoms with Crippen molar-refractivity contribution in [2.45, 2.75) is 57.9 Å². The Morgan fingerprint density at radius 2 is 2.12 bits per heavy atom. The summed E-state index contributed by atoms with van der Waals surface area (Å²) in [6.07, 6.45) is 4.81. The highest BCUT2D eigenvalue weighted by molar-refractivity contribution is 7.99. The van der Waals surface area contributed by atoms with Crippen LogP contribution in [0.25, 0.3) is 0 Å². The van der Waals surface area contributed by atoms with Gasteiger partial charge in [-0.15, -0.1) is 0 Å². The fourth-order valence-electron chi connectivity index (χ4n) is 2.39. The van der Waals surface area contributed by atoms with Gasteiger partial charge in [0.05, 0.1) is 0 Å². The second-order valence-corrected chi connectivity index (χ2v) is 6.86. The van der Waals surface area contributed by atoms with E-state index in [1.54, 1.807) is 0 Å². The molecular formula is C14H30N2S. The topological polar surface area (TPSA) is 15.3 Å². The van der Waals surface area contributed by atoms with Crippen LogP contribution in [0.1, 0.15) is 40.5 Å². The van der Waals surface area contributed by atoms with Gasteiger partial charge in [0.15, 0.2) is 0 Å². The molecule has 4 atom stereocenters. The molecule has 0 aliphatic carbocycles. The third-order valence-corrected chi connectivity index (χ3v) is 5.33. The highest BCUT2D eigenvalue weighted by Crippen LogP contribution is 2.17. The molecule has 1 N–H and O–H groups in total. The number of nitrogens with one attached hydrogen (secondary N) is 1. The lowest BCUT2D eigenvalue weighted by atomic mass is 9.95. The van der Waals surface area contributed by atoms with Gasteiger partial charge in [-0.3, -0.25) is 4.90 Å². The minimum absolute atomic E-state index is 0.695. The Kier molecular flexibility index (Phi) is 6.90. The normalized spacial score (nSPS) is 30.2. The highest BCUT2D eigenvalue weighted by Gasteiger charge is 2.27. The Bertz CT molecular complexity index is 210. The van der Waals surface area contributed by atoms with E-state index in [0.29, 0.717) is 12.1 Å². The van der Waals surface area contributed by atoms with Gasteiger partial charge in [0.1, 0.15) is 0 Å². The Morgan fingerprint density at radius 3 is 2.71 bits per heavy atom. The summed E-state index contributed by atoms with van der Waals surface area (Å²) in [7, 11) is 0. The van der Waals surface area contributed by atoms with Gasteiger partial charge in [0.2, 0.25) is 0 Å². The third-order valence-electron chi connectivity index (χ3n) is 4.29. The van der Waals surface area contributed by atoms with E-state index in [1.165, 1.54) is 25.9 Å². The molecule has 17 heavy (non-hydrogen) atoms. The molecular weight excluding hydrogens is 228 g/mol. The molecule has 3 heteroatoms. The summed E-state index contributed by atoms with van der Waals surface area (Å²) in [6, 6.07) is 1.39. The fourth-order valence-corrected chi connectivity index (χ4v) is 2.73. The molecule has 0 saturated carbocycles. The minimum Gasteiger partial charge on any atom is -0.311 e. The van der Waals surface area contributed by atoms with E-state index in [9.17, 15) is 0 Å². The Morgan fingerprint density at radius 1 is 1.41 bits per heavy atom. The molecule has 0 aromatic carbocycles. The van der Waals surface area contributed by atoms with Gasteiger partial charge in [-0.2, -0.15) is 11.8 Å². The van der Waals surface area contributed by atoms with Crippen LogP contribution in [0.4, 0.5) is 0 Å². The van der Waals surface area contributed by atoms with E-state index < -0.39 is 0 Å². The molecule has 1 rings (SSSR count). The number of thioether (sulfide) groups is 1. The van der Waals surface area contributed by atoms with Crippen molar-refractivity contribution in [3.63, 3.8) is 0 Å². The molecule has 0 spiro atoms. The van der Waals surface area contributed by atoms with E-state index in [4.69, 9.17) is 0 Å². The van der Waals surface area contributed by atoms with Crippen molar-refractivity contribution in [2.75, 3.05) is 25.9 Å². The molecule has 2 nitrogen and oxygen atoms in total. The van der Waals surface area contributed by atoms with Gasteiger partial charge < -0.3 is 5.32 Å². The van der Waals surface area contributed by atoms with Crippen molar-refractivity contribution in [1.29, 1.82) is 0 Å². The van der Waals surface area contributed by atoms with E-state index in [-0.39, 0.29) is 0 Å². The van der Waals surface area contributed by atoms with Crippen LogP contribution in [0, 0.1) is 5.92 Å². The van der Waals surface area contributed by atoms with E-state index in [2.05, 4.69) is 44.2 Å². The maximum Gasteiger partial charge on any atom is 0.0221 e. The first kappa shape index (κ1) is 15.3. The molecule has 1 heterocycles. The minimum atomic E-state index is 0.695. The summed E-state index contributed by atoms with van der Waals surface area (Å²) in [5.41, 5.74) is 0. The van der Waals surface area contributed by atoms with Gasteiger partial charge in [0.25, 0.3) is 0 Å². The standard InChI is InChI=1S/C14H30N2S/c1-6-11(2)14-10-16(12(3)9-15-14)8-7-13(4)17-5/h11-15H,6-10H2,1-5H3. The van der Waals surface area contributed by atoms with E-state index >= 15 is 0 Å². The molecule has 1 saturated heterocycles. The largest absolute Gasteiger partial charge is 0.311 e. The highest BCUT2D eigenvalue weighted by atomic mass is 32.2. The molecule has 0 aromatic rings. The van der Waals surface area contributed by atoms with Gasteiger partial charge in [-0.05, 0) is 32.1 Å². The summed E-state index contributed by atoms with van der Waals surface area (Å²) < 4.78 is 0. The van der Waals surface area contributed by atoms with Gasteiger partial charge in [-0.1, -0.05) is 27.2 Å². The smallest absolute Gasteiger partial charge is 0.0221 e. The zero-order valence-electron chi connectivity index (χ0n) is 12.2. The first-order valence-electron chi connectivity index (χ1n) is 7.08. The van der Waals surface area contributed by atoms with Gasteiger partial charge >= 0.3 is 0 Å². The SMILES string of the molecule is CCC(C)C1CN(CCC(C)SC)C(C)CN1. The molecule has 102 valence electrons. The Labute approximate surface area is 112 Å². The molecule has 1 aliphatic rings. The average Bonchev–Trinajstić information content (AvgIpc) is 2.36. The van der Waals surface area contributed by atoms with Crippen LogP contribution in [0.2, 0.25) is 0 Å².